The molecule has 2 unspecified atom stereocenters. The van der Waals surface area contributed by atoms with Crippen LogP contribution in [0.3, 0.4) is 0 Å². The van der Waals surface area contributed by atoms with Gasteiger partial charge in [-0.15, -0.1) is 0 Å². The van der Waals surface area contributed by atoms with Crippen LogP contribution in [0, 0.1) is 5.92 Å². The Morgan fingerprint density at radius 3 is 3.00 bits per heavy atom. The first-order chi connectivity index (χ1) is 9.28. The molecule has 0 saturated carbocycles. The number of hydrogen-bond acceptors (Lipinski definition) is 4. The van der Waals surface area contributed by atoms with Gasteiger partial charge in [0, 0.05) is 30.6 Å². The molecule has 1 aromatic rings. The van der Waals surface area contributed by atoms with Crippen LogP contribution in [0.4, 0.5) is 0 Å². The summed E-state index contributed by atoms with van der Waals surface area (Å²) in [4.78, 5) is 0. The van der Waals surface area contributed by atoms with E-state index in [1.807, 2.05) is 18.2 Å². The molecule has 3 rings (SSSR count). The minimum absolute atomic E-state index is 0.0370. The zero-order chi connectivity index (χ0) is 13.2. The van der Waals surface area contributed by atoms with Crippen molar-refractivity contribution in [1.82, 2.24) is 0 Å². The molecule has 2 aliphatic heterocycles. The van der Waals surface area contributed by atoms with E-state index in [1.165, 1.54) is 0 Å². The lowest BCUT2D eigenvalue weighted by Gasteiger charge is -2.36. The van der Waals surface area contributed by atoms with E-state index in [-0.39, 0.29) is 6.10 Å². The van der Waals surface area contributed by atoms with Crippen molar-refractivity contribution in [2.75, 3.05) is 20.3 Å². The molecule has 1 N–H and O–H groups in total. The van der Waals surface area contributed by atoms with Gasteiger partial charge in [0.25, 0.3) is 0 Å². The maximum atomic E-state index is 10.3. The Bertz CT molecular complexity index is 440. The fourth-order valence-corrected chi connectivity index (χ4v) is 2.92. The van der Waals surface area contributed by atoms with Crippen LogP contribution in [0.25, 0.3) is 0 Å². The van der Waals surface area contributed by atoms with Gasteiger partial charge in [-0.3, -0.25) is 0 Å². The van der Waals surface area contributed by atoms with E-state index in [2.05, 4.69) is 0 Å². The van der Waals surface area contributed by atoms with Gasteiger partial charge in [-0.25, -0.2) is 0 Å². The van der Waals surface area contributed by atoms with Gasteiger partial charge in [-0.2, -0.15) is 0 Å². The van der Waals surface area contributed by atoms with Crippen LogP contribution in [-0.4, -0.2) is 31.5 Å². The molecule has 104 valence electrons. The van der Waals surface area contributed by atoms with Crippen LogP contribution >= 0.6 is 0 Å². The second-order valence-corrected chi connectivity index (χ2v) is 5.29. The highest BCUT2D eigenvalue weighted by atomic mass is 16.5. The van der Waals surface area contributed by atoms with E-state index >= 15 is 0 Å². The van der Waals surface area contributed by atoms with Crippen LogP contribution in [0.5, 0.6) is 11.5 Å². The summed E-state index contributed by atoms with van der Waals surface area (Å²) < 4.78 is 16.8. The topological polar surface area (TPSA) is 47.9 Å². The third-order valence-corrected chi connectivity index (χ3v) is 4.03. The second-order valence-electron chi connectivity index (χ2n) is 5.29. The van der Waals surface area contributed by atoms with Crippen molar-refractivity contribution >= 4 is 0 Å². The minimum atomic E-state index is -0.457. The zero-order valence-electron chi connectivity index (χ0n) is 11.2. The number of ether oxygens (including phenoxy) is 3. The molecule has 4 heteroatoms. The zero-order valence-corrected chi connectivity index (χ0v) is 11.2. The van der Waals surface area contributed by atoms with Crippen LogP contribution in [0.1, 0.15) is 30.9 Å². The van der Waals surface area contributed by atoms with Crippen molar-refractivity contribution < 1.29 is 19.3 Å². The van der Waals surface area contributed by atoms with Gasteiger partial charge in [0.05, 0.1) is 19.8 Å². The molecule has 0 spiro atoms. The highest BCUT2D eigenvalue weighted by Crippen LogP contribution is 2.40. The van der Waals surface area contributed by atoms with Gasteiger partial charge in [-0.05, 0) is 25.0 Å². The monoisotopic (exact) mass is 264 g/mol. The summed E-state index contributed by atoms with van der Waals surface area (Å²) in [6.45, 7) is 1.58. The number of fused-ring (bicyclic) bond motifs is 1. The Morgan fingerprint density at radius 2 is 2.26 bits per heavy atom. The predicted molar refractivity (Wildman–Crippen MR) is 70.5 cm³/mol. The first-order valence-corrected chi connectivity index (χ1v) is 6.88. The van der Waals surface area contributed by atoms with Crippen LogP contribution in [0.15, 0.2) is 18.2 Å². The third-order valence-electron chi connectivity index (χ3n) is 4.03. The first kappa shape index (κ1) is 12.8. The average molecular weight is 264 g/mol. The van der Waals surface area contributed by atoms with E-state index in [9.17, 15) is 5.11 Å². The number of rotatable bonds is 2. The summed E-state index contributed by atoms with van der Waals surface area (Å²) in [6, 6.07) is 5.59. The van der Waals surface area contributed by atoms with Crippen molar-refractivity contribution in [3.63, 3.8) is 0 Å². The Balaban J connectivity index is 1.81. The molecule has 0 bridgehead atoms. The van der Waals surface area contributed by atoms with Crippen molar-refractivity contribution in [3.05, 3.63) is 23.8 Å². The van der Waals surface area contributed by atoms with E-state index in [0.29, 0.717) is 12.3 Å². The summed E-state index contributed by atoms with van der Waals surface area (Å²) in [5.41, 5.74) is 0.855. The average Bonchev–Trinajstić information content (AvgIpc) is 2.47. The lowest BCUT2D eigenvalue weighted by molar-refractivity contribution is -0.0286. The summed E-state index contributed by atoms with van der Waals surface area (Å²) in [7, 11) is 1.63. The Kier molecular flexibility index (Phi) is 3.62. The fourth-order valence-electron chi connectivity index (χ4n) is 2.92. The molecule has 4 nitrogen and oxygen atoms in total. The second kappa shape index (κ2) is 5.39. The molecule has 1 aromatic carbocycles. The quantitative estimate of drug-likeness (QED) is 0.890. The Labute approximate surface area is 113 Å². The number of benzene rings is 1. The Morgan fingerprint density at radius 1 is 1.37 bits per heavy atom. The van der Waals surface area contributed by atoms with E-state index in [4.69, 9.17) is 14.2 Å². The van der Waals surface area contributed by atoms with Crippen LogP contribution in [-0.2, 0) is 4.74 Å². The molecule has 1 saturated heterocycles. The molecular weight excluding hydrogens is 244 g/mol. The summed E-state index contributed by atoms with van der Waals surface area (Å²) >= 11 is 0. The lowest BCUT2D eigenvalue weighted by Crippen LogP contribution is -2.37. The molecule has 2 aliphatic rings. The van der Waals surface area contributed by atoms with Gasteiger partial charge >= 0.3 is 0 Å². The summed E-state index contributed by atoms with van der Waals surface area (Å²) in [5, 5.41) is 10.3. The highest BCUT2D eigenvalue weighted by Gasteiger charge is 2.33. The maximum Gasteiger partial charge on any atom is 0.129 e. The highest BCUT2D eigenvalue weighted by molar-refractivity contribution is 5.43. The van der Waals surface area contributed by atoms with E-state index in [0.717, 1.165) is 43.1 Å². The molecule has 0 aromatic heterocycles. The summed E-state index contributed by atoms with van der Waals surface area (Å²) in [5.74, 6) is 1.88. The van der Waals surface area contributed by atoms with Crippen molar-refractivity contribution in [1.29, 1.82) is 0 Å². The molecule has 1 fully saturated rings. The predicted octanol–water partition coefficient (Wildman–Crippen LogP) is 2.31. The standard InChI is InChI=1S/C15H20O4/c1-17-11-4-5-12-13(16)8-14(19-15(12)7-11)10-3-2-6-18-9-10/h4-5,7,10,13-14,16H,2-3,6,8-9H2,1H3/t10?,13-,14?/m0/s1. The van der Waals surface area contributed by atoms with Crippen LogP contribution < -0.4 is 9.47 Å². The minimum Gasteiger partial charge on any atom is -0.497 e. The number of methoxy groups -OCH3 is 1. The molecule has 0 aliphatic carbocycles. The van der Waals surface area contributed by atoms with Gasteiger partial charge in [0.2, 0.25) is 0 Å². The molecule has 19 heavy (non-hydrogen) atoms. The van der Waals surface area contributed by atoms with Crippen molar-refractivity contribution in [3.8, 4) is 11.5 Å². The maximum absolute atomic E-state index is 10.3. The smallest absolute Gasteiger partial charge is 0.129 e. The molecule has 0 amide bonds. The number of hydrogen-bond donors (Lipinski definition) is 1. The van der Waals surface area contributed by atoms with E-state index in [1.54, 1.807) is 7.11 Å². The summed E-state index contributed by atoms with van der Waals surface area (Å²) in [6.07, 6.45) is 2.41. The molecule has 2 heterocycles. The molecular formula is C15H20O4. The van der Waals surface area contributed by atoms with E-state index < -0.39 is 6.10 Å². The van der Waals surface area contributed by atoms with Gasteiger partial charge in [-0.1, -0.05) is 0 Å². The lowest BCUT2D eigenvalue weighted by atomic mass is 9.88. The first-order valence-electron chi connectivity index (χ1n) is 6.88. The van der Waals surface area contributed by atoms with Gasteiger partial charge < -0.3 is 19.3 Å². The third kappa shape index (κ3) is 2.55. The number of aliphatic hydroxyl groups excluding tert-OH is 1. The molecule has 0 radical (unpaired) electrons. The van der Waals surface area contributed by atoms with Gasteiger partial charge in [0.15, 0.2) is 0 Å². The molecule has 3 atom stereocenters. The number of aliphatic hydroxyl groups is 1. The van der Waals surface area contributed by atoms with Gasteiger partial charge in [0.1, 0.15) is 17.6 Å². The fraction of sp³-hybridized carbons (Fsp3) is 0.600. The van der Waals surface area contributed by atoms with Crippen molar-refractivity contribution in [2.24, 2.45) is 5.92 Å². The Hall–Kier alpha value is -1.26. The largest absolute Gasteiger partial charge is 0.497 e. The normalized spacial score (nSPS) is 30.3. The van der Waals surface area contributed by atoms with Crippen molar-refractivity contribution in [2.45, 2.75) is 31.5 Å². The van der Waals surface area contributed by atoms with Crippen LogP contribution in [0.2, 0.25) is 0 Å². The SMILES string of the molecule is COc1ccc2c(c1)OC(C1CCCOC1)C[C@@H]2O.